The number of anilines is 1. The standard InChI is InChI=1S/C29H42Cl2N4O6S/c1-18(2)25(33-28(37)26(34-29(38)41-5)16-20-8-6-10-24(30)27(20)31)11-7-9-22(17-36)35(19(3)4)42(39,40)23-14-12-21(32)13-15-23/h6,8,10,12-15,18-19,22,25-26,36H,7,9,11,16-17,32H2,1-5H3,(H,33,37)(H,34,38)/t22-,25+,26-/m0/s1. The highest BCUT2D eigenvalue weighted by Crippen LogP contribution is 2.27. The van der Waals surface area contributed by atoms with Gasteiger partial charge in [-0.05, 0) is 74.9 Å². The van der Waals surface area contributed by atoms with E-state index in [0.29, 0.717) is 40.6 Å². The molecule has 0 saturated carbocycles. The van der Waals surface area contributed by atoms with Gasteiger partial charge in [0.2, 0.25) is 15.9 Å². The van der Waals surface area contributed by atoms with Crippen molar-refractivity contribution in [3.8, 4) is 0 Å². The Morgan fingerprint density at radius 2 is 1.67 bits per heavy atom. The van der Waals surface area contributed by atoms with Crippen LogP contribution < -0.4 is 16.4 Å². The molecule has 0 bridgehead atoms. The molecule has 0 unspecified atom stereocenters. The monoisotopic (exact) mass is 644 g/mol. The first-order chi connectivity index (χ1) is 19.7. The van der Waals surface area contributed by atoms with E-state index < -0.39 is 40.1 Å². The molecule has 2 aromatic carbocycles. The van der Waals surface area contributed by atoms with Gasteiger partial charge in [-0.1, -0.05) is 49.2 Å². The number of ether oxygens (including phenoxy) is 1. The third-order valence-electron chi connectivity index (χ3n) is 6.97. The second-order valence-electron chi connectivity index (χ2n) is 10.7. The lowest BCUT2D eigenvalue weighted by Crippen LogP contribution is -2.52. The molecule has 42 heavy (non-hydrogen) atoms. The van der Waals surface area contributed by atoms with Gasteiger partial charge in [0, 0.05) is 30.2 Å². The van der Waals surface area contributed by atoms with Crippen molar-refractivity contribution in [2.24, 2.45) is 5.92 Å². The molecule has 3 atom stereocenters. The first kappa shape index (κ1) is 35.6. The zero-order chi connectivity index (χ0) is 31.6. The van der Waals surface area contributed by atoms with E-state index in [0.717, 1.165) is 0 Å². The second kappa shape index (κ2) is 16.3. The summed E-state index contributed by atoms with van der Waals surface area (Å²) in [4.78, 5) is 25.5. The smallest absolute Gasteiger partial charge is 0.407 e. The Balaban J connectivity index is 2.16. The minimum Gasteiger partial charge on any atom is -0.453 e. The van der Waals surface area contributed by atoms with E-state index in [1.807, 2.05) is 13.8 Å². The lowest BCUT2D eigenvalue weighted by atomic mass is 9.96. The molecule has 0 aliphatic carbocycles. The van der Waals surface area contributed by atoms with E-state index in [2.05, 4.69) is 10.6 Å². The van der Waals surface area contributed by atoms with Crippen molar-refractivity contribution in [1.82, 2.24) is 14.9 Å². The molecule has 0 spiro atoms. The number of nitrogens with two attached hydrogens (primary N) is 1. The van der Waals surface area contributed by atoms with E-state index in [9.17, 15) is 23.1 Å². The zero-order valence-electron chi connectivity index (χ0n) is 24.6. The second-order valence-corrected chi connectivity index (χ2v) is 13.4. The summed E-state index contributed by atoms with van der Waals surface area (Å²) in [5.41, 5.74) is 6.76. The van der Waals surface area contributed by atoms with Crippen molar-refractivity contribution in [1.29, 1.82) is 0 Å². The van der Waals surface area contributed by atoms with Crippen LogP contribution >= 0.6 is 23.2 Å². The van der Waals surface area contributed by atoms with Gasteiger partial charge >= 0.3 is 6.09 Å². The quantitative estimate of drug-likeness (QED) is 0.207. The highest BCUT2D eigenvalue weighted by molar-refractivity contribution is 7.89. The van der Waals surface area contributed by atoms with Crippen molar-refractivity contribution >= 4 is 50.9 Å². The summed E-state index contributed by atoms with van der Waals surface area (Å²) in [6.45, 7) is 7.06. The minimum absolute atomic E-state index is 0.0229. The highest BCUT2D eigenvalue weighted by Gasteiger charge is 2.34. The molecule has 2 amide bonds. The van der Waals surface area contributed by atoms with Crippen LogP contribution in [0.1, 0.15) is 52.5 Å². The molecular formula is C29H42Cl2N4O6S. The molecule has 0 aliphatic rings. The Labute approximate surface area is 258 Å². The van der Waals surface area contributed by atoms with Crippen LogP contribution in [-0.2, 0) is 26.0 Å². The largest absolute Gasteiger partial charge is 0.453 e. The zero-order valence-corrected chi connectivity index (χ0v) is 27.0. The number of amides is 2. The van der Waals surface area contributed by atoms with Gasteiger partial charge in [-0.3, -0.25) is 4.79 Å². The number of nitrogens with zero attached hydrogens (tertiary/aromatic N) is 1. The number of rotatable bonds is 15. The lowest BCUT2D eigenvalue weighted by Gasteiger charge is -2.33. The summed E-state index contributed by atoms with van der Waals surface area (Å²) in [5, 5.41) is 16.4. The summed E-state index contributed by atoms with van der Waals surface area (Å²) in [6, 6.07) is 8.66. The Morgan fingerprint density at radius 1 is 1.02 bits per heavy atom. The first-order valence-corrected chi connectivity index (χ1v) is 16.0. The third kappa shape index (κ3) is 9.74. The third-order valence-corrected chi connectivity index (χ3v) is 9.97. The maximum Gasteiger partial charge on any atom is 0.407 e. The van der Waals surface area contributed by atoms with Crippen LogP contribution in [0.25, 0.3) is 0 Å². The Morgan fingerprint density at radius 3 is 2.21 bits per heavy atom. The first-order valence-electron chi connectivity index (χ1n) is 13.8. The number of aliphatic hydroxyl groups is 1. The van der Waals surface area contributed by atoms with Crippen LogP contribution in [0.3, 0.4) is 0 Å². The summed E-state index contributed by atoms with van der Waals surface area (Å²) in [5.74, 6) is -0.404. The van der Waals surface area contributed by atoms with Crippen LogP contribution in [0.4, 0.5) is 10.5 Å². The molecule has 0 aromatic heterocycles. The van der Waals surface area contributed by atoms with E-state index in [4.69, 9.17) is 33.7 Å². The van der Waals surface area contributed by atoms with E-state index >= 15 is 0 Å². The van der Waals surface area contributed by atoms with Crippen molar-refractivity contribution in [2.45, 2.75) is 82.4 Å². The van der Waals surface area contributed by atoms with Gasteiger partial charge in [0.25, 0.3) is 0 Å². The molecule has 2 aromatic rings. The highest BCUT2D eigenvalue weighted by atomic mass is 35.5. The SMILES string of the molecule is COC(=O)N[C@@H](Cc1cccc(Cl)c1Cl)C(=O)N[C@H](CCC[C@@H](CO)N(C(C)C)S(=O)(=O)c1ccc(N)cc1)C(C)C. The lowest BCUT2D eigenvalue weighted by molar-refractivity contribution is -0.124. The van der Waals surface area contributed by atoms with Gasteiger partial charge in [0.15, 0.2) is 0 Å². The molecule has 0 heterocycles. The molecular weight excluding hydrogens is 603 g/mol. The predicted octanol–water partition coefficient (Wildman–Crippen LogP) is 4.61. The van der Waals surface area contributed by atoms with Gasteiger partial charge in [-0.2, -0.15) is 4.31 Å². The number of benzene rings is 2. The minimum atomic E-state index is -3.90. The number of sulfonamides is 1. The van der Waals surface area contributed by atoms with Crippen LogP contribution in [0, 0.1) is 5.92 Å². The molecule has 5 N–H and O–H groups in total. The van der Waals surface area contributed by atoms with Crippen LogP contribution in [0.15, 0.2) is 47.4 Å². The average molecular weight is 646 g/mol. The Bertz CT molecular complexity index is 1290. The maximum atomic E-state index is 13.5. The number of aliphatic hydroxyl groups excluding tert-OH is 1. The van der Waals surface area contributed by atoms with E-state index in [-0.39, 0.29) is 29.9 Å². The van der Waals surface area contributed by atoms with Gasteiger partial charge in [0.1, 0.15) is 6.04 Å². The normalized spacial score (nSPS) is 14.1. The number of carbonyl (C=O) groups excluding carboxylic acids is 2. The van der Waals surface area contributed by atoms with Crippen molar-refractivity contribution in [2.75, 3.05) is 19.5 Å². The Hall–Kier alpha value is -2.57. The molecule has 0 saturated heterocycles. The maximum absolute atomic E-state index is 13.5. The number of hydrogen-bond acceptors (Lipinski definition) is 7. The fraction of sp³-hybridized carbons (Fsp3) is 0.517. The van der Waals surface area contributed by atoms with Gasteiger partial charge in [-0.25, -0.2) is 13.2 Å². The van der Waals surface area contributed by atoms with Gasteiger partial charge < -0.3 is 26.2 Å². The average Bonchev–Trinajstić information content (AvgIpc) is 2.93. The summed E-state index contributed by atoms with van der Waals surface area (Å²) < 4.78 is 33.0. The van der Waals surface area contributed by atoms with E-state index in [1.165, 1.54) is 35.7 Å². The number of methoxy groups -OCH3 is 1. The van der Waals surface area contributed by atoms with Crippen molar-refractivity contribution in [3.05, 3.63) is 58.1 Å². The van der Waals surface area contributed by atoms with Crippen LogP contribution in [0.2, 0.25) is 10.0 Å². The fourth-order valence-corrected chi connectivity index (χ4v) is 6.96. The summed E-state index contributed by atoms with van der Waals surface area (Å²) >= 11 is 12.5. The molecule has 234 valence electrons. The van der Waals surface area contributed by atoms with Crippen molar-refractivity contribution in [3.63, 3.8) is 0 Å². The molecule has 13 heteroatoms. The molecule has 0 aliphatic heterocycles. The number of alkyl carbamates (subject to hydrolysis) is 1. The topological polar surface area (TPSA) is 151 Å². The molecule has 0 radical (unpaired) electrons. The molecule has 0 fully saturated rings. The van der Waals surface area contributed by atoms with Gasteiger partial charge in [0.05, 0.1) is 28.7 Å². The van der Waals surface area contributed by atoms with Crippen LogP contribution in [0.5, 0.6) is 0 Å². The predicted molar refractivity (Wildman–Crippen MR) is 166 cm³/mol. The number of carbonyl (C=O) groups is 2. The van der Waals surface area contributed by atoms with Crippen molar-refractivity contribution < 1.29 is 27.9 Å². The number of hydrogen-bond donors (Lipinski definition) is 4. The van der Waals surface area contributed by atoms with Gasteiger partial charge in [-0.15, -0.1) is 0 Å². The fourth-order valence-electron chi connectivity index (χ4n) is 4.72. The Kier molecular flexibility index (Phi) is 13.8. The van der Waals surface area contributed by atoms with Crippen LogP contribution in [-0.4, -0.2) is 67.7 Å². The summed E-state index contributed by atoms with van der Waals surface area (Å²) in [6.07, 6.45) is 0.713. The van der Waals surface area contributed by atoms with E-state index in [1.54, 1.807) is 32.0 Å². The molecule has 2 rings (SSSR count). The molecule has 10 nitrogen and oxygen atoms in total. The number of nitrogens with one attached hydrogen (secondary N) is 2. The number of halogens is 2. The summed E-state index contributed by atoms with van der Waals surface area (Å²) in [7, 11) is -2.69. The number of nitrogen functional groups attached to an aromatic ring is 1.